The number of rotatable bonds is 5. The molecule has 142 valence electrons. The van der Waals surface area contributed by atoms with Crippen LogP contribution in [0.15, 0.2) is 30.3 Å². The quantitative estimate of drug-likeness (QED) is 0.495. The zero-order chi connectivity index (χ0) is 19.3. The van der Waals surface area contributed by atoms with E-state index in [4.69, 9.17) is 5.10 Å². The van der Waals surface area contributed by atoms with Crippen LogP contribution in [0.5, 0.6) is 0 Å². The summed E-state index contributed by atoms with van der Waals surface area (Å²) in [7, 11) is 0. The number of nitrogens with one attached hydrogen (secondary N) is 1. The highest BCUT2D eigenvalue weighted by Crippen LogP contribution is 2.25. The Morgan fingerprint density at radius 3 is 2.89 bits per heavy atom. The summed E-state index contributed by atoms with van der Waals surface area (Å²) in [6.45, 7) is 6.95. The first kappa shape index (κ1) is 17.1. The first-order valence-electron chi connectivity index (χ1n) is 9.26. The van der Waals surface area contributed by atoms with Gasteiger partial charge >= 0.3 is 0 Å². The van der Waals surface area contributed by atoms with Crippen LogP contribution >= 0.6 is 11.3 Å². The summed E-state index contributed by atoms with van der Waals surface area (Å²) in [5.41, 5.74) is 4.03. The first-order valence-corrected chi connectivity index (χ1v) is 10.1. The molecule has 0 aliphatic carbocycles. The summed E-state index contributed by atoms with van der Waals surface area (Å²) < 4.78 is 3.95. The molecule has 0 bridgehead atoms. The molecule has 0 unspecified atom stereocenters. The van der Waals surface area contributed by atoms with E-state index in [9.17, 15) is 0 Å². The molecule has 0 atom stereocenters. The van der Waals surface area contributed by atoms with Crippen LogP contribution in [0.25, 0.3) is 26.7 Å². The number of hydrogen-bond acceptors (Lipinski definition) is 6. The van der Waals surface area contributed by atoms with Gasteiger partial charge in [-0.15, -0.1) is 10.2 Å². The van der Waals surface area contributed by atoms with Crippen LogP contribution in [0.1, 0.15) is 31.2 Å². The number of H-pyrrole nitrogens is 1. The second-order valence-electron chi connectivity index (χ2n) is 7.33. The molecule has 0 amide bonds. The van der Waals surface area contributed by atoms with Crippen molar-refractivity contribution >= 4 is 27.3 Å². The van der Waals surface area contributed by atoms with Crippen molar-refractivity contribution < 1.29 is 0 Å². The maximum absolute atomic E-state index is 4.72. The van der Waals surface area contributed by atoms with Gasteiger partial charge in [-0.2, -0.15) is 14.7 Å². The average molecular weight is 392 g/mol. The highest BCUT2D eigenvalue weighted by atomic mass is 32.1. The zero-order valence-electron chi connectivity index (χ0n) is 15.9. The van der Waals surface area contributed by atoms with E-state index in [1.807, 2.05) is 29.6 Å². The average Bonchev–Trinajstić information content (AvgIpc) is 3.40. The Morgan fingerprint density at radius 2 is 2.04 bits per heavy atom. The third-order valence-electron chi connectivity index (χ3n) is 4.68. The van der Waals surface area contributed by atoms with Gasteiger partial charge in [-0.1, -0.05) is 37.3 Å². The molecule has 0 saturated heterocycles. The minimum atomic E-state index is 0.565. The lowest BCUT2D eigenvalue weighted by molar-refractivity contribution is 0.633. The third kappa shape index (κ3) is 2.88. The number of aromatic amines is 1. The number of imidazole rings is 1. The normalized spacial score (nSPS) is 12.0. The fourth-order valence-corrected chi connectivity index (χ4v) is 4.23. The lowest BCUT2D eigenvalue weighted by atomic mass is 10.1. The van der Waals surface area contributed by atoms with Crippen molar-refractivity contribution in [2.75, 3.05) is 0 Å². The number of benzene rings is 1. The third-order valence-corrected chi connectivity index (χ3v) is 5.60. The van der Waals surface area contributed by atoms with Crippen LogP contribution in [0, 0.1) is 12.8 Å². The SMILES string of the molecule is Cc1nc2ccccc2n1Cc1nnc2sc(-c3cc(CC(C)C)[nH]n3)nn12. The molecule has 0 aliphatic heterocycles. The fraction of sp³-hybridized carbons (Fsp3) is 0.316. The van der Waals surface area contributed by atoms with E-state index < -0.39 is 0 Å². The van der Waals surface area contributed by atoms with E-state index in [2.05, 4.69) is 55.9 Å². The van der Waals surface area contributed by atoms with Crippen molar-refractivity contribution in [2.45, 2.75) is 33.7 Å². The summed E-state index contributed by atoms with van der Waals surface area (Å²) >= 11 is 1.49. The molecule has 0 fully saturated rings. The smallest absolute Gasteiger partial charge is 0.235 e. The molecule has 0 aliphatic rings. The van der Waals surface area contributed by atoms with E-state index in [0.29, 0.717) is 12.5 Å². The van der Waals surface area contributed by atoms with Gasteiger partial charge < -0.3 is 4.57 Å². The first-order chi connectivity index (χ1) is 13.6. The van der Waals surface area contributed by atoms with Crippen molar-refractivity contribution in [1.82, 2.24) is 39.6 Å². The molecule has 5 rings (SSSR count). The number of aryl methyl sites for hydroxylation is 1. The summed E-state index contributed by atoms with van der Waals surface area (Å²) in [5, 5.41) is 21.7. The van der Waals surface area contributed by atoms with Crippen LogP contribution in [0.2, 0.25) is 0 Å². The fourth-order valence-electron chi connectivity index (χ4n) is 3.41. The monoisotopic (exact) mass is 392 g/mol. The molecule has 28 heavy (non-hydrogen) atoms. The lowest BCUT2D eigenvalue weighted by Crippen LogP contribution is -2.06. The summed E-state index contributed by atoms with van der Waals surface area (Å²) in [5.74, 6) is 2.30. The van der Waals surface area contributed by atoms with Gasteiger partial charge in [-0.3, -0.25) is 5.10 Å². The molecule has 1 aromatic carbocycles. The molecule has 5 aromatic rings. The van der Waals surface area contributed by atoms with Gasteiger partial charge in [-0.25, -0.2) is 4.98 Å². The molecular weight excluding hydrogens is 372 g/mol. The maximum atomic E-state index is 4.72. The predicted molar refractivity (Wildman–Crippen MR) is 108 cm³/mol. The molecule has 4 aromatic heterocycles. The second-order valence-corrected chi connectivity index (χ2v) is 8.28. The van der Waals surface area contributed by atoms with Crippen LogP contribution < -0.4 is 0 Å². The predicted octanol–water partition coefficient (Wildman–Crippen LogP) is 3.48. The van der Waals surface area contributed by atoms with E-state index in [-0.39, 0.29) is 0 Å². The van der Waals surface area contributed by atoms with Gasteiger partial charge in [0.1, 0.15) is 11.5 Å². The van der Waals surface area contributed by atoms with Crippen molar-refractivity contribution in [3.63, 3.8) is 0 Å². The number of aromatic nitrogens is 8. The van der Waals surface area contributed by atoms with E-state index in [1.54, 1.807) is 0 Å². The number of hydrogen-bond donors (Lipinski definition) is 1. The van der Waals surface area contributed by atoms with E-state index in [1.165, 1.54) is 11.3 Å². The molecule has 9 heteroatoms. The van der Waals surface area contributed by atoms with Crippen LogP contribution in [0.4, 0.5) is 0 Å². The molecule has 0 radical (unpaired) electrons. The minimum Gasteiger partial charge on any atom is -0.320 e. The largest absolute Gasteiger partial charge is 0.320 e. The molecular formula is C19H20N8S. The van der Waals surface area contributed by atoms with E-state index in [0.717, 1.165) is 50.5 Å². The van der Waals surface area contributed by atoms with Gasteiger partial charge in [0.15, 0.2) is 10.8 Å². The van der Waals surface area contributed by atoms with Gasteiger partial charge in [0, 0.05) is 5.69 Å². The zero-order valence-corrected chi connectivity index (χ0v) is 16.7. The molecule has 0 spiro atoms. The molecule has 4 heterocycles. The number of nitrogens with zero attached hydrogens (tertiary/aromatic N) is 7. The number of fused-ring (bicyclic) bond motifs is 2. The Labute approximate surface area is 165 Å². The highest BCUT2D eigenvalue weighted by Gasteiger charge is 2.17. The summed E-state index contributed by atoms with van der Waals surface area (Å²) in [4.78, 5) is 5.39. The lowest BCUT2D eigenvalue weighted by Gasteiger charge is -2.04. The molecule has 0 saturated carbocycles. The van der Waals surface area contributed by atoms with Gasteiger partial charge in [0.25, 0.3) is 0 Å². The Bertz CT molecular complexity index is 1270. The maximum Gasteiger partial charge on any atom is 0.235 e. The van der Waals surface area contributed by atoms with Gasteiger partial charge in [0.2, 0.25) is 4.96 Å². The van der Waals surface area contributed by atoms with Crippen LogP contribution in [-0.2, 0) is 13.0 Å². The Kier molecular flexibility index (Phi) is 3.97. The van der Waals surface area contributed by atoms with Crippen molar-refractivity contribution in [2.24, 2.45) is 5.92 Å². The highest BCUT2D eigenvalue weighted by molar-refractivity contribution is 7.19. The van der Waals surface area contributed by atoms with Crippen molar-refractivity contribution in [3.05, 3.63) is 47.7 Å². The Morgan fingerprint density at radius 1 is 1.18 bits per heavy atom. The molecule has 1 N–H and O–H groups in total. The minimum absolute atomic E-state index is 0.565. The standard InChI is InChI=1S/C19H20N8S/c1-11(2)8-13-9-15(22-21-13)18-25-27-17(23-24-19(27)28-18)10-26-12(3)20-14-6-4-5-7-16(14)26/h4-7,9,11H,8,10H2,1-3H3,(H,21,22). The Balaban J connectivity index is 1.50. The van der Waals surface area contributed by atoms with Gasteiger partial charge in [-0.05, 0) is 37.5 Å². The van der Waals surface area contributed by atoms with Crippen LogP contribution in [0.3, 0.4) is 0 Å². The molecule has 8 nitrogen and oxygen atoms in total. The number of para-hydroxylation sites is 2. The topological polar surface area (TPSA) is 89.6 Å². The van der Waals surface area contributed by atoms with Crippen LogP contribution in [-0.4, -0.2) is 39.6 Å². The summed E-state index contributed by atoms with van der Waals surface area (Å²) in [6.07, 6.45) is 0.968. The van der Waals surface area contributed by atoms with Crippen molar-refractivity contribution in [1.29, 1.82) is 0 Å². The Hall–Kier alpha value is -3.07. The van der Waals surface area contributed by atoms with Gasteiger partial charge in [0.05, 0.1) is 17.6 Å². The van der Waals surface area contributed by atoms with E-state index >= 15 is 0 Å². The van der Waals surface area contributed by atoms with Crippen molar-refractivity contribution in [3.8, 4) is 10.7 Å². The second kappa shape index (κ2) is 6.52. The summed E-state index contributed by atoms with van der Waals surface area (Å²) in [6, 6.07) is 10.2.